The van der Waals surface area contributed by atoms with E-state index in [4.69, 9.17) is 0 Å². The van der Waals surface area contributed by atoms with Crippen molar-refractivity contribution in [1.82, 2.24) is 0 Å². The first kappa shape index (κ1) is 15.3. The van der Waals surface area contributed by atoms with Crippen molar-refractivity contribution in [3.63, 3.8) is 0 Å². The summed E-state index contributed by atoms with van der Waals surface area (Å²) in [5.74, 6) is 1.49. The molecular formula is C14H30S. The summed E-state index contributed by atoms with van der Waals surface area (Å²) in [5, 5.41) is 0. The van der Waals surface area contributed by atoms with Gasteiger partial charge in [-0.3, -0.25) is 0 Å². The van der Waals surface area contributed by atoms with Crippen molar-refractivity contribution in [3.05, 3.63) is 0 Å². The van der Waals surface area contributed by atoms with Crippen LogP contribution in [0, 0.1) is 11.8 Å². The molecule has 0 rings (SSSR count). The predicted molar refractivity (Wildman–Crippen MR) is 74.7 cm³/mol. The largest absolute Gasteiger partial charge is 0.148 e. The van der Waals surface area contributed by atoms with Gasteiger partial charge in [-0.05, 0) is 24.7 Å². The van der Waals surface area contributed by atoms with Crippen molar-refractivity contribution in [2.45, 2.75) is 77.7 Å². The van der Waals surface area contributed by atoms with Gasteiger partial charge in [0.2, 0.25) is 0 Å². The standard InChI is InChI=1S/C14H30S/c1-9-13(7,11(3)4)15-14(8,10-2)12(5)6/h11-12H,9-10H2,1-8H3. The Labute approximate surface area is 102 Å². The highest BCUT2D eigenvalue weighted by Gasteiger charge is 2.37. The Morgan fingerprint density at radius 2 is 1.07 bits per heavy atom. The van der Waals surface area contributed by atoms with Gasteiger partial charge >= 0.3 is 0 Å². The minimum atomic E-state index is 0.426. The topological polar surface area (TPSA) is 0 Å². The molecule has 2 unspecified atom stereocenters. The van der Waals surface area contributed by atoms with Crippen LogP contribution in [0.15, 0.2) is 0 Å². The molecule has 0 aromatic heterocycles. The van der Waals surface area contributed by atoms with Crippen LogP contribution in [0.5, 0.6) is 0 Å². The Morgan fingerprint density at radius 3 is 1.20 bits per heavy atom. The second-order valence-electron chi connectivity index (χ2n) is 5.74. The van der Waals surface area contributed by atoms with Crippen LogP contribution in [0.2, 0.25) is 0 Å². The van der Waals surface area contributed by atoms with Gasteiger partial charge in [0.05, 0.1) is 0 Å². The van der Waals surface area contributed by atoms with Gasteiger partial charge in [-0.1, -0.05) is 55.4 Å². The molecule has 0 aliphatic carbocycles. The number of rotatable bonds is 6. The molecule has 0 aliphatic heterocycles. The molecule has 0 N–H and O–H groups in total. The van der Waals surface area contributed by atoms with E-state index >= 15 is 0 Å². The highest BCUT2D eigenvalue weighted by molar-refractivity contribution is 8.02. The van der Waals surface area contributed by atoms with E-state index in [2.05, 4.69) is 67.2 Å². The zero-order chi connectivity index (χ0) is 12.3. The lowest BCUT2D eigenvalue weighted by atomic mass is 9.93. The van der Waals surface area contributed by atoms with Crippen LogP contribution in [0.4, 0.5) is 0 Å². The van der Waals surface area contributed by atoms with Crippen molar-refractivity contribution < 1.29 is 0 Å². The lowest BCUT2D eigenvalue weighted by molar-refractivity contribution is 0.414. The van der Waals surface area contributed by atoms with Crippen LogP contribution in [0.25, 0.3) is 0 Å². The molecule has 0 saturated carbocycles. The normalized spacial score (nSPS) is 20.4. The van der Waals surface area contributed by atoms with E-state index in [1.807, 2.05) is 0 Å². The molecule has 0 aliphatic rings. The number of hydrogen-bond donors (Lipinski definition) is 0. The van der Waals surface area contributed by atoms with E-state index in [0.717, 1.165) is 11.8 Å². The molecule has 0 nitrogen and oxygen atoms in total. The monoisotopic (exact) mass is 230 g/mol. The highest BCUT2D eigenvalue weighted by atomic mass is 32.2. The Hall–Kier alpha value is 0.350. The molecule has 15 heavy (non-hydrogen) atoms. The van der Waals surface area contributed by atoms with Gasteiger partial charge in [-0.25, -0.2) is 0 Å². The van der Waals surface area contributed by atoms with Crippen LogP contribution in [-0.2, 0) is 0 Å². The third-order valence-corrected chi connectivity index (χ3v) is 6.77. The highest BCUT2D eigenvalue weighted by Crippen LogP contribution is 2.48. The van der Waals surface area contributed by atoms with Gasteiger partial charge in [0.1, 0.15) is 0 Å². The maximum absolute atomic E-state index is 2.43. The molecule has 2 atom stereocenters. The molecule has 0 fully saturated rings. The maximum Gasteiger partial charge on any atom is 0.0157 e. The van der Waals surface area contributed by atoms with Gasteiger partial charge in [-0.2, -0.15) is 0 Å². The second-order valence-corrected chi connectivity index (χ2v) is 7.81. The van der Waals surface area contributed by atoms with Crippen molar-refractivity contribution in [2.24, 2.45) is 11.8 Å². The Kier molecular flexibility index (Phi) is 5.74. The molecule has 0 radical (unpaired) electrons. The van der Waals surface area contributed by atoms with Crippen molar-refractivity contribution in [1.29, 1.82) is 0 Å². The quantitative estimate of drug-likeness (QED) is 0.591. The van der Waals surface area contributed by atoms with Crippen LogP contribution >= 0.6 is 11.8 Å². The van der Waals surface area contributed by atoms with E-state index in [-0.39, 0.29) is 0 Å². The fourth-order valence-electron chi connectivity index (χ4n) is 1.73. The van der Waals surface area contributed by atoms with E-state index in [1.54, 1.807) is 0 Å². The second kappa shape index (κ2) is 5.61. The molecule has 0 saturated heterocycles. The van der Waals surface area contributed by atoms with E-state index in [1.165, 1.54) is 12.8 Å². The average molecular weight is 230 g/mol. The minimum absolute atomic E-state index is 0.426. The summed E-state index contributed by atoms with van der Waals surface area (Å²) < 4.78 is 0.851. The number of thioether (sulfide) groups is 1. The fraction of sp³-hybridized carbons (Fsp3) is 1.00. The SMILES string of the molecule is CCC(C)(SC(C)(CC)C(C)C)C(C)C. The summed E-state index contributed by atoms with van der Waals surface area (Å²) in [5.41, 5.74) is 0. The van der Waals surface area contributed by atoms with Crippen LogP contribution in [0.1, 0.15) is 68.2 Å². The Balaban J connectivity index is 4.79. The lowest BCUT2D eigenvalue weighted by Gasteiger charge is -2.43. The molecule has 0 amide bonds. The van der Waals surface area contributed by atoms with Crippen LogP contribution < -0.4 is 0 Å². The average Bonchev–Trinajstić information content (AvgIpc) is 2.16. The molecule has 0 spiro atoms. The predicted octanol–water partition coefficient (Wildman–Crippen LogP) is 5.37. The smallest absolute Gasteiger partial charge is 0.0157 e. The molecular weight excluding hydrogens is 200 g/mol. The summed E-state index contributed by atoms with van der Waals surface area (Å²) in [6.45, 7) is 18.9. The van der Waals surface area contributed by atoms with E-state index < -0.39 is 0 Å². The molecule has 0 aromatic rings. The third kappa shape index (κ3) is 3.69. The van der Waals surface area contributed by atoms with Crippen molar-refractivity contribution in [2.75, 3.05) is 0 Å². The minimum Gasteiger partial charge on any atom is -0.148 e. The van der Waals surface area contributed by atoms with Crippen molar-refractivity contribution >= 4 is 11.8 Å². The van der Waals surface area contributed by atoms with Gasteiger partial charge in [0, 0.05) is 9.49 Å². The maximum atomic E-state index is 2.43. The van der Waals surface area contributed by atoms with Gasteiger partial charge in [0.15, 0.2) is 0 Å². The Bertz CT molecular complexity index is 166. The van der Waals surface area contributed by atoms with E-state index in [9.17, 15) is 0 Å². The number of hydrogen-bond acceptors (Lipinski definition) is 1. The third-order valence-electron chi connectivity index (χ3n) is 4.31. The first-order valence-electron chi connectivity index (χ1n) is 6.42. The van der Waals surface area contributed by atoms with Gasteiger partial charge in [-0.15, -0.1) is 11.8 Å². The zero-order valence-electron chi connectivity index (χ0n) is 12.0. The molecule has 0 bridgehead atoms. The lowest BCUT2D eigenvalue weighted by Crippen LogP contribution is -2.37. The summed E-state index contributed by atoms with van der Waals surface area (Å²) in [4.78, 5) is 0. The van der Waals surface area contributed by atoms with Gasteiger partial charge < -0.3 is 0 Å². The first-order chi connectivity index (χ1) is 6.72. The molecule has 0 heterocycles. The van der Waals surface area contributed by atoms with E-state index in [0.29, 0.717) is 9.49 Å². The Morgan fingerprint density at radius 1 is 0.800 bits per heavy atom. The molecule has 1 heteroatoms. The first-order valence-corrected chi connectivity index (χ1v) is 7.23. The zero-order valence-corrected chi connectivity index (χ0v) is 12.8. The molecule has 0 aromatic carbocycles. The van der Waals surface area contributed by atoms with Crippen LogP contribution in [0.3, 0.4) is 0 Å². The summed E-state index contributed by atoms with van der Waals surface area (Å²) >= 11 is 2.21. The summed E-state index contributed by atoms with van der Waals surface area (Å²) in [7, 11) is 0. The van der Waals surface area contributed by atoms with Crippen molar-refractivity contribution in [3.8, 4) is 0 Å². The van der Waals surface area contributed by atoms with Crippen LogP contribution in [-0.4, -0.2) is 9.49 Å². The molecule has 92 valence electrons. The fourth-order valence-corrected chi connectivity index (χ4v) is 3.55. The summed E-state index contributed by atoms with van der Waals surface area (Å²) in [6.07, 6.45) is 2.52. The summed E-state index contributed by atoms with van der Waals surface area (Å²) in [6, 6.07) is 0. The van der Waals surface area contributed by atoms with Gasteiger partial charge in [0.25, 0.3) is 0 Å².